The van der Waals surface area contributed by atoms with Crippen molar-refractivity contribution < 1.29 is 9.53 Å². The highest BCUT2D eigenvalue weighted by atomic mass is 16.5. The summed E-state index contributed by atoms with van der Waals surface area (Å²) in [5, 5.41) is 3.42. The first-order valence-electron chi connectivity index (χ1n) is 9.26. The van der Waals surface area contributed by atoms with Crippen LogP contribution in [-0.2, 0) is 22.4 Å². The highest BCUT2D eigenvalue weighted by molar-refractivity contribution is 5.69. The van der Waals surface area contributed by atoms with Crippen LogP contribution in [0.15, 0.2) is 12.1 Å². The summed E-state index contributed by atoms with van der Waals surface area (Å²) in [5.74, 6) is 1.77. The van der Waals surface area contributed by atoms with E-state index in [0.29, 0.717) is 6.42 Å². The van der Waals surface area contributed by atoms with Gasteiger partial charge in [0.25, 0.3) is 0 Å². The molecule has 24 heavy (non-hydrogen) atoms. The van der Waals surface area contributed by atoms with Gasteiger partial charge in [-0.3, -0.25) is 4.79 Å². The molecule has 1 atom stereocenters. The summed E-state index contributed by atoms with van der Waals surface area (Å²) in [6, 6.07) is 4.45. The molecule has 1 fully saturated rings. The van der Waals surface area contributed by atoms with Crippen molar-refractivity contribution >= 4 is 11.8 Å². The second-order valence-corrected chi connectivity index (χ2v) is 7.01. The van der Waals surface area contributed by atoms with Gasteiger partial charge in [-0.15, -0.1) is 0 Å². The van der Waals surface area contributed by atoms with Gasteiger partial charge in [0, 0.05) is 25.2 Å². The molecule has 5 nitrogen and oxygen atoms in total. The Bertz CT molecular complexity index is 562. The first-order valence-corrected chi connectivity index (χ1v) is 9.26. The number of pyridine rings is 1. The van der Waals surface area contributed by atoms with Crippen LogP contribution in [0.4, 0.5) is 5.82 Å². The number of ether oxygens (including phenoxy) is 1. The number of methoxy groups -OCH3 is 1. The molecule has 1 aromatic heterocycles. The zero-order valence-electron chi connectivity index (χ0n) is 14.7. The average molecular weight is 331 g/mol. The predicted molar refractivity (Wildman–Crippen MR) is 95.2 cm³/mol. The number of carbonyl (C=O) groups excluding carboxylic acids is 1. The number of anilines is 1. The van der Waals surface area contributed by atoms with Gasteiger partial charge in [0.2, 0.25) is 0 Å². The van der Waals surface area contributed by atoms with Gasteiger partial charge in [-0.1, -0.05) is 6.07 Å². The number of nitrogens with one attached hydrogen (secondary N) is 1. The normalized spacial score (nSPS) is 20.5. The fourth-order valence-corrected chi connectivity index (χ4v) is 3.76. The maximum atomic E-state index is 11.2. The molecule has 0 amide bonds. The second-order valence-electron chi connectivity index (χ2n) is 7.01. The largest absolute Gasteiger partial charge is 0.469 e. The van der Waals surface area contributed by atoms with Crippen molar-refractivity contribution in [1.82, 2.24) is 9.88 Å². The van der Waals surface area contributed by atoms with Crippen LogP contribution >= 0.6 is 0 Å². The molecule has 1 unspecified atom stereocenters. The number of nitrogens with zero attached hydrogens (tertiary/aromatic N) is 2. The summed E-state index contributed by atoms with van der Waals surface area (Å²) < 4.78 is 4.69. The third-order valence-electron chi connectivity index (χ3n) is 5.21. The number of fused-ring (bicyclic) bond motifs is 1. The molecule has 3 heterocycles. The van der Waals surface area contributed by atoms with Gasteiger partial charge < -0.3 is 15.0 Å². The SMILES string of the molecule is COC(=O)CCCN1CCC(CCc2ccc3c(n2)NCCC3)C1. The van der Waals surface area contributed by atoms with E-state index < -0.39 is 0 Å². The molecule has 1 saturated heterocycles. The number of aromatic nitrogens is 1. The Labute approximate surface area is 144 Å². The van der Waals surface area contributed by atoms with E-state index >= 15 is 0 Å². The Morgan fingerprint density at radius 1 is 1.46 bits per heavy atom. The summed E-state index contributed by atoms with van der Waals surface area (Å²) in [6.07, 6.45) is 7.33. The minimum absolute atomic E-state index is 0.0992. The number of aryl methyl sites for hydroxylation is 2. The predicted octanol–water partition coefficient (Wildman–Crippen LogP) is 2.65. The highest BCUT2D eigenvalue weighted by Gasteiger charge is 2.22. The first-order chi connectivity index (χ1) is 11.7. The third-order valence-corrected chi connectivity index (χ3v) is 5.21. The van der Waals surface area contributed by atoms with Gasteiger partial charge in [0.15, 0.2) is 0 Å². The Hall–Kier alpha value is -1.62. The van der Waals surface area contributed by atoms with Gasteiger partial charge >= 0.3 is 5.97 Å². The van der Waals surface area contributed by atoms with Gasteiger partial charge in [-0.25, -0.2) is 4.98 Å². The number of esters is 1. The number of hydrogen-bond donors (Lipinski definition) is 1. The van der Waals surface area contributed by atoms with Crippen LogP contribution in [0.5, 0.6) is 0 Å². The maximum absolute atomic E-state index is 11.2. The molecule has 5 heteroatoms. The highest BCUT2D eigenvalue weighted by Crippen LogP contribution is 2.24. The fraction of sp³-hybridized carbons (Fsp3) is 0.684. The van der Waals surface area contributed by atoms with E-state index in [1.165, 1.54) is 37.6 Å². The molecular weight excluding hydrogens is 302 g/mol. The van der Waals surface area contributed by atoms with Crippen LogP contribution in [0.25, 0.3) is 0 Å². The monoisotopic (exact) mass is 331 g/mol. The minimum Gasteiger partial charge on any atom is -0.469 e. The van der Waals surface area contributed by atoms with E-state index in [0.717, 1.165) is 57.2 Å². The van der Waals surface area contributed by atoms with Crippen LogP contribution in [0.1, 0.15) is 43.4 Å². The van der Waals surface area contributed by atoms with Crippen molar-refractivity contribution in [2.45, 2.75) is 44.9 Å². The van der Waals surface area contributed by atoms with Crippen LogP contribution in [0.2, 0.25) is 0 Å². The lowest BCUT2D eigenvalue weighted by molar-refractivity contribution is -0.140. The van der Waals surface area contributed by atoms with Gasteiger partial charge in [-0.05, 0) is 69.2 Å². The Kier molecular flexibility index (Phi) is 6.07. The molecule has 1 aromatic rings. The number of likely N-dealkylation sites (tertiary alicyclic amines) is 1. The van der Waals surface area contributed by atoms with Crippen LogP contribution in [0, 0.1) is 5.92 Å². The van der Waals surface area contributed by atoms with E-state index in [9.17, 15) is 4.79 Å². The van der Waals surface area contributed by atoms with E-state index in [2.05, 4.69) is 22.3 Å². The van der Waals surface area contributed by atoms with Gasteiger partial charge in [0.05, 0.1) is 7.11 Å². The molecule has 3 rings (SSSR count). The van der Waals surface area contributed by atoms with E-state index in [-0.39, 0.29) is 5.97 Å². The van der Waals surface area contributed by atoms with E-state index in [1.807, 2.05) is 0 Å². The van der Waals surface area contributed by atoms with Crippen molar-refractivity contribution in [2.75, 3.05) is 38.6 Å². The zero-order chi connectivity index (χ0) is 16.8. The summed E-state index contributed by atoms with van der Waals surface area (Å²) in [5.41, 5.74) is 2.58. The standard InChI is InChI=1S/C19H29N3O2/c1-24-18(23)5-3-12-22-13-10-15(14-22)6-8-17-9-7-16-4-2-11-20-19(16)21-17/h7,9,15H,2-6,8,10-14H2,1H3,(H,20,21). The summed E-state index contributed by atoms with van der Waals surface area (Å²) in [4.78, 5) is 18.4. The molecule has 2 aliphatic heterocycles. The quantitative estimate of drug-likeness (QED) is 0.779. The number of carbonyl (C=O) groups is 1. The smallest absolute Gasteiger partial charge is 0.305 e. The van der Waals surface area contributed by atoms with Crippen LogP contribution < -0.4 is 5.32 Å². The molecule has 0 saturated carbocycles. The maximum Gasteiger partial charge on any atom is 0.305 e. The minimum atomic E-state index is -0.0992. The Morgan fingerprint density at radius 2 is 2.38 bits per heavy atom. The summed E-state index contributed by atoms with van der Waals surface area (Å²) >= 11 is 0. The average Bonchev–Trinajstić information content (AvgIpc) is 3.07. The molecule has 2 aliphatic rings. The summed E-state index contributed by atoms with van der Waals surface area (Å²) in [6.45, 7) is 4.37. The fourth-order valence-electron chi connectivity index (χ4n) is 3.76. The lowest BCUT2D eigenvalue weighted by atomic mass is 10.00. The van der Waals surface area contributed by atoms with Gasteiger partial charge in [-0.2, -0.15) is 0 Å². The molecule has 0 aromatic carbocycles. The van der Waals surface area contributed by atoms with Crippen LogP contribution in [0.3, 0.4) is 0 Å². The third kappa shape index (κ3) is 4.69. The van der Waals surface area contributed by atoms with Gasteiger partial charge in [0.1, 0.15) is 5.82 Å². The molecular formula is C19H29N3O2. The molecule has 1 N–H and O–H groups in total. The molecule has 0 aliphatic carbocycles. The molecule has 132 valence electrons. The number of rotatable bonds is 7. The topological polar surface area (TPSA) is 54.5 Å². The van der Waals surface area contributed by atoms with Crippen molar-refractivity contribution in [1.29, 1.82) is 0 Å². The van der Waals surface area contributed by atoms with Crippen molar-refractivity contribution in [3.63, 3.8) is 0 Å². The van der Waals surface area contributed by atoms with E-state index in [4.69, 9.17) is 9.72 Å². The molecule has 0 bridgehead atoms. The Balaban J connectivity index is 1.39. The Morgan fingerprint density at radius 3 is 3.25 bits per heavy atom. The van der Waals surface area contributed by atoms with Crippen LogP contribution in [-0.4, -0.2) is 49.1 Å². The van der Waals surface area contributed by atoms with Crippen molar-refractivity contribution in [2.24, 2.45) is 5.92 Å². The molecule has 0 spiro atoms. The summed E-state index contributed by atoms with van der Waals surface area (Å²) in [7, 11) is 1.46. The molecule has 0 radical (unpaired) electrons. The second kappa shape index (κ2) is 8.47. The lowest BCUT2D eigenvalue weighted by Gasteiger charge is -2.18. The van der Waals surface area contributed by atoms with E-state index in [1.54, 1.807) is 0 Å². The van der Waals surface area contributed by atoms with Crippen molar-refractivity contribution in [3.8, 4) is 0 Å². The zero-order valence-corrected chi connectivity index (χ0v) is 14.7. The lowest BCUT2D eigenvalue weighted by Crippen LogP contribution is -2.22. The van der Waals surface area contributed by atoms with Crippen molar-refractivity contribution in [3.05, 3.63) is 23.4 Å². The first kappa shape index (κ1) is 17.2. The number of hydrogen-bond acceptors (Lipinski definition) is 5.